The molecule has 1 unspecified atom stereocenters. The lowest BCUT2D eigenvalue weighted by Crippen LogP contribution is -2.52. The summed E-state index contributed by atoms with van der Waals surface area (Å²) in [5.74, 6) is -0.756. The standard InChI is InChI=1S/C32H31ClN4O3/c33-24-8-6-21(7-9-24)27-4-2-1-3-22(27)16-36-19-25-14-26(36)18-35(25)15-20-5-10-28-23(13-20)17-37(32(28)40)29-11-12-30(38)34-31(29)39/h1-10,13,25-26,29H,11-12,14-19H2,(H,34,38,39)/t25-,26-,29?/m0/s1. The molecule has 0 radical (unpaired) electrons. The number of hydrogen-bond acceptors (Lipinski definition) is 5. The summed E-state index contributed by atoms with van der Waals surface area (Å²) in [5, 5.41) is 3.12. The Kier molecular flexibility index (Phi) is 6.45. The SMILES string of the molecule is O=C1CCC(N2Cc3cc(CN4C[C@@H]5C[C@H]4CN5Cc4ccccc4-c4ccc(Cl)cc4)ccc3C2=O)C(=O)N1. The van der Waals surface area contributed by atoms with E-state index in [0.29, 0.717) is 30.6 Å². The molecule has 1 N–H and O–H groups in total. The van der Waals surface area contributed by atoms with E-state index < -0.39 is 6.04 Å². The first-order chi connectivity index (χ1) is 19.4. The van der Waals surface area contributed by atoms with Crippen molar-refractivity contribution < 1.29 is 14.4 Å². The Morgan fingerprint density at radius 1 is 0.850 bits per heavy atom. The molecular weight excluding hydrogens is 524 g/mol. The van der Waals surface area contributed by atoms with Crippen molar-refractivity contribution in [2.45, 2.75) is 57.0 Å². The second kappa shape index (κ2) is 10.1. The maximum atomic E-state index is 13.0. The number of piperazine rings is 1. The lowest BCUT2D eigenvalue weighted by molar-refractivity contribution is -0.136. The number of carbonyl (C=O) groups excluding carboxylic acids is 3. The molecule has 3 aromatic carbocycles. The van der Waals surface area contributed by atoms with Crippen LogP contribution in [0, 0.1) is 0 Å². The Bertz CT molecular complexity index is 1510. The molecule has 8 heteroatoms. The second-order valence-electron chi connectivity index (χ2n) is 11.5. The normalized spacial score (nSPS) is 24.6. The summed E-state index contributed by atoms with van der Waals surface area (Å²) in [6, 6.07) is 23.3. The summed E-state index contributed by atoms with van der Waals surface area (Å²) in [5.41, 5.74) is 6.63. The average Bonchev–Trinajstić information content (AvgIpc) is 3.62. The molecule has 3 aromatic rings. The molecule has 4 aliphatic rings. The molecule has 4 heterocycles. The third kappa shape index (κ3) is 4.62. The van der Waals surface area contributed by atoms with Gasteiger partial charge in [-0.3, -0.25) is 29.5 Å². The first-order valence-corrected chi connectivity index (χ1v) is 14.4. The first kappa shape index (κ1) is 25.4. The van der Waals surface area contributed by atoms with Crippen LogP contribution in [0.25, 0.3) is 11.1 Å². The number of benzene rings is 3. The van der Waals surface area contributed by atoms with Crippen LogP contribution in [-0.2, 0) is 29.2 Å². The largest absolute Gasteiger partial charge is 0.322 e. The molecule has 3 amide bonds. The topological polar surface area (TPSA) is 73.0 Å². The fraction of sp³-hybridized carbons (Fsp3) is 0.344. The molecule has 0 spiro atoms. The molecule has 2 bridgehead atoms. The van der Waals surface area contributed by atoms with Crippen molar-refractivity contribution in [2.24, 2.45) is 0 Å². The lowest BCUT2D eigenvalue weighted by Gasteiger charge is -2.34. The number of imide groups is 1. The Balaban J connectivity index is 0.998. The van der Waals surface area contributed by atoms with Gasteiger partial charge in [-0.2, -0.15) is 0 Å². The van der Waals surface area contributed by atoms with E-state index in [-0.39, 0.29) is 24.1 Å². The van der Waals surface area contributed by atoms with Gasteiger partial charge in [-0.1, -0.05) is 60.1 Å². The first-order valence-electron chi connectivity index (χ1n) is 14.0. The van der Waals surface area contributed by atoms with Crippen LogP contribution in [0.15, 0.2) is 66.7 Å². The number of hydrogen-bond donors (Lipinski definition) is 1. The Hall–Kier alpha value is -3.52. The number of carbonyl (C=O) groups is 3. The molecule has 40 heavy (non-hydrogen) atoms. The predicted molar refractivity (Wildman–Crippen MR) is 152 cm³/mol. The van der Waals surface area contributed by atoms with Gasteiger partial charge in [0.15, 0.2) is 0 Å². The van der Waals surface area contributed by atoms with Crippen LogP contribution in [0.4, 0.5) is 0 Å². The van der Waals surface area contributed by atoms with Gasteiger partial charge in [0, 0.05) is 61.8 Å². The Labute approximate surface area is 238 Å². The van der Waals surface area contributed by atoms with E-state index in [1.165, 1.54) is 28.7 Å². The summed E-state index contributed by atoms with van der Waals surface area (Å²) in [7, 11) is 0. The maximum Gasteiger partial charge on any atom is 0.255 e. The quantitative estimate of drug-likeness (QED) is 0.462. The fourth-order valence-corrected chi connectivity index (χ4v) is 7.09. The highest BCUT2D eigenvalue weighted by molar-refractivity contribution is 6.30. The number of likely N-dealkylation sites (tertiary alicyclic amines) is 2. The Morgan fingerprint density at radius 3 is 2.35 bits per heavy atom. The number of fused-ring (bicyclic) bond motifs is 3. The number of nitrogens with one attached hydrogen (secondary N) is 1. The zero-order valence-corrected chi connectivity index (χ0v) is 22.9. The molecule has 4 aliphatic heterocycles. The molecular formula is C32H31ClN4O3. The highest BCUT2D eigenvalue weighted by Crippen LogP contribution is 2.36. The summed E-state index contributed by atoms with van der Waals surface area (Å²) < 4.78 is 0. The van der Waals surface area contributed by atoms with Gasteiger partial charge in [-0.25, -0.2) is 0 Å². The van der Waals surface area contributed by atoms with Gasteiger partial charge >= 0.3 is 0 Å². The van der Waals surface area contributed by atoms with Gasteiger partial charge in [0.05, 0.1) is 0 Å². The molecule has 7 rings (SSSR count). The molecule has 0 aliphatic carbocycles. The van der Waals surface area contributed by atoms with E-state index in [2.05, 4.69) is 63.6 Å². The molecule has 7 nitrogen and oxygen atoms in total. The van der Waals surface area contributed by atoms with Gasteiger partial charge in [0.1, 0.15) is 6.04 Å². The summed E-state index contributed by atoms with van der Waals surface area (Å²) in [6.07, 6.45) is 1.83. The monoisotopic (exact) mass is 554 g/mol. The van der Waals surface area contributed by atoms with Crippen molar-refractivity contribution in [3.8, 4) is 11.1 Å². The second-order valence-corrected chi connectivity index (χ2v) is 11.9. The van der Waals surface area contributed by atoms with Gasteiger partial charge in [-0.05, 0) is 58.9 Å². The van der Waals surface area contributed by atoms with Crippen molar-refractivity contribution in [2.75, 3.05) is 13.1 Å². The van der Waals surface area contributed by atoms with Crippen molar-refractivity contribution in [3.63, 3.8) is 0 Å². The predicted octanol–water partition coefficient (Wildman–Crippen LogP) is 4.23. The van der Waals surface area contributed by atoms with Crippen molar-refractivity contribution in [3.05, 3.63) is 94.0 Å². The van der Waals surface area contributed by atoms with Crippen molar-refractivity contribution in [1.82, 2.24) is 20.0 Å². The lowest BCUT2D eigenvalue weighted by atomic mass is 9.99. The zero-order chi connectivity index (χ0) is 27.4. The maximum absolute atomic E-state index is 13.0. The minimum absolute atomic E-state index is 0.120. The molecule has 0 aromatic heterocycles. The van der Waals surface area contributed by atoms with E-state index in [1.807, 2.05) is 18.2 Å². The molecule has 0 saturated carbocycles. The fourth-order valence-electron chi connectivity index (χ4n) is 6.97. The number of halogens is 1. The highest BCUT2D eigenvalue weighted by Gasteiger charge is 2.43. The number of nitrogens with zero attached hydrogens (tertiary/aromatic N) is 3. The van der Waals surface area contributed by atoms with Gasteiger partial charge in [0.2, 0.25) is 11.8 Å². The number of rotatable bonds is 6. The molecule has 3 atom stereocenters. The van der Waals surface area contributed by atoms with Crippen LogP contribution in [-0.4, -0.2) is 63.6 Å². The van der Waals surface area contributed by atoms with Crippen LogP contribution >= 0.6 is 11.6 Å². The number of amides is 3. The molecule has 204 valence electrons. The highest BCUT2D eigenvalue weighted by atomic mass is 35.5. The van der Waals surface area contributed by atoms with Crippen LogP contribution in [0.3, 0.4) is 0 Å². The van der Waals surface area contributed by atoms with E-state index in [9.17, 15) is 14.4 Å². The van der Waals surface area contributed by atoms with Crippen molar-refractivity contribution in [1.29, 1.82) is 0 Å². The van der Waals surface area contributed by atoms with Crippen LogP contribution in [0.2, 0.25) is 5.02 Å². The average molecular weight is 555 g/mol. The van der Waals surface area contributed by atoms with Gasteiger partial charge in [0.25, 0.3) is 5.91 Å². The van der Waals surface area contributed by atoms with E-state index in [4.69, 9.17) is 11.6 Å². The summed E-state index contributed by atoms with van der Waals surface area (Å²) in [4.78, 5) is 43.8. The van der Waals surface area contributed by atoms with Crippen LogP contribution in [0.1, 0.15) is 46.3 Å². The molecule has 3 saturated heterocycles. The minimum atomic E-state index is -0.578. The third-order valence-electron chi connectivity index (χ3n) is 8.99. The van der Waals surface area contributed by atoms with Crippen molar-refractivity contribution >= 4 is 29.3 Å². The van der Waals surface area contributed by atoms with Gasteiger partial charge < -0.3 is 4.90 Å². The summed E-state index contributed by atoms with van der Waals surface area (Å²) in [6.45, 7) is 4.29. The van der Waals surface area contributed by atoms with Crippen LogP contribution in [0.5, 0.6) is 0 Å². The Morgan fingerprint density at radius 2 is 1.60 bits per heavy atom. The van der Waals surface area contributed by atoms with Gasteiger partial charge in [-0.15, -0.1) is 0 Å². The smallest absolute Gasteiger partial charge is 0.255 e. The summed E-state index contributed by atoms with van der Waals surface area (Å²) >= 11 is 6.12. The van der Waals surface area contributed by atoms with Crippen LogP contribution < -0.4 is 5.32 Å². The zero-order valence-electron chi connectivity index (χ0n) is 22.2. The number of piperidine rings is 1. The van der Waals surface area contributed by atoms with E-state index in [0.717, 1.165) is 36.8 Å². The van der Waals surface area contributed by atoms with E-state index in [1.54, 1.807) is 4.90 Å². The van der Waals surface area contributed by atoms with E-state index >= 15 is 0 Å². The molecule has 3 fully saturated rings. The third-order valence-corrected chi connectivity index (χ3v) is 9.24. The minimum Gasteiger partial charge on any atom is -0.322 e.